The van der Waals surface area contributed by atoms with Crippen molar-refractivity contribution in [2.45, 2.75) is 45.2 Å². The lowest BCUT2D eigenvalue weighted by molar-refractivity contribution is 0.161. The highest BCUT2D eigenvalue weighted by Crippen LogP contribution is 2.25. The number of rotatable bonds is 5. The van der Waals surface area contributed by atoms with E-state index in [-0.39, 0.29) is 12.1 Å². The first-order valence-corrected chi connectivity index (χ1v) is 9.91. The number of hydrogen-bond acceptors (Lipinski definition) is 3. The van der Waals surface area contributed by atoms with Crippen molar-refractivity contribution in [1.29, 1.82) is 0 Å². The number of piperidine rings is 1. The molecule has 150 valence electrons. The number of benzene rings is 1. The van der Waals surface area contributed by atoms with Gasteiger partial charge in [0.25, 0.3) is 0 Å². The van der Waals surface area contributed by atoms with Gasteiger partial charge in [-0.25, -0.2) is 13.6 Å². The SMILES string of the molecule is CC(C)N1CCC(NC(=O)NC[C@@H]2CCN(c3ccc(F)c(F)c3)C2)CC1. The van der Waals surface area contributed by atoms with Crippen molar-refractivity contribution in [3.63, 3.8) is 0 Å². The highest BCUT2D eigenvalue weighted by molar-refractivity contribution is 5.74. The predicted molar refractivity (Wildman–Crippen MR) is 103 cm³/mol. The van der Waals surface area contributed by atoms with Crippen LogP contribution in [0.2, 0.25) is 0 Å². The van der Waals surface area contributed by atoms with Gasteiger partial charge in [-0.05, 0) is 51.2 Å². The van der Waals surface area contributed by atoms with Crippen LogP contribution in [0.25, 0.3) is 0 Å². The van der Waals surface area contributed by atoms with Gasteiger partial charge < -0.3 is 20.4 Å². The van der Waals surface area contributed by atoms with Crippen LogP contribution in [0, 0.1) is 17.6 Å². The molecule has 2 N–H and O–H groups in total. The Morgan fingerprint density at radius 3 is 2.56 bits per heavy atom. The molecule has 7 heteroatoms. The van der Waals surface area contributed by atoms with Gasteiger partial charge >= 0.3 is 6.03 Å². The van der Waals surface area contributed by atoms with Crippen LogP contribution >= 0.6 is 0 Å². The third-order valence-electron chi connectivity index (χ3n) is 5.70. The maximum absolute atomic E-state index is 13.4. The first kappa shape index (κ1) is 19.9. The average molecular weight is 380 g/mol. The van der Waals surface area contributed by atoms with E-state index in [0.29, 0.717) is 24.2 Å². The molecule has 1 aromatic carbocycles. The monoisotopic (exact) mass is 380 g/mol. The molecule has 2 amide bonds. The van der Waals surface area contributed by atoms with Crippen LogP contribution in [0.3, 0.4) is 0 Å². The summed E-state index contributed by atoms with van der Waals surface area (Å²) in [5, 5.41) is 6.05. The van der Waals surface area contributed by atoms with E-state index in [4.69, 9.17) is 0 Å². The lowest BCUT2D eigenvalue weighted by Crippen LogP contribution is -2.49. The molecule has 0 bridgehead atoms. The molecule has 1 aromatic rings. The van der Waals surface area contributed by atoms with Gasteiger partial charge in [0.2, 0.25) is 0 Å². The fourth-order valence-electron chi connectivity index (χ4n) is 3.95. The Hall–Kier alpha value is -1.89. The molecule has 0 radical (unpaired) electrons. The number of anilines is 1. The van der Waals surface area contributed by atoms with Crippen molar-refractivity contribution in [3.8, 4) is 0 Å². The Balaban J connectivity index is 1.38. The first-order chi connectivity index (χ1) is 12.9. The Bertz CT molecular complexity index is 647. The van der Waals surface area contributed by atoms with Crippen LogP contribution in [-0.4, -0.2) is 55.7 Å². The number of carbonyl (C=O) groups excluding carboxylic acids is 1. The molecule has 2 fully saturated rings. The minimum atomic E-state index is -0.827. The molecule has 0 aliphatic carbocycles. The number of hydrogen-bond donors (Lipinski definition) is 2. The second-order valence-corrected chi connectivity index (χ2v) is 7.96. The number of nitrogens with one attached hydrogen (secondary N) is 2. The smallest absolute Gasteiger partial charge is 0.315 e. The molecule has 0 saturated carbocycles. The molecular weight excluding hydrogens is 350 g/mol. The van der Waals surface area contributed by atoms with E-state index in [0.717, 1.165) is 51.5 Å². The van der Waals surface area contributed by atoms with E-state index >= 15 is 0 Å². The number of nitrogens with zero attached hydrogens (tertiary/aromatic N) is 2. The van der Waals surface area contributed by atoms with Crippen molar-refractivity contribution in [1.82, 2.24) is 15.5 Å². The fourth-order valence-corrected chi connectivity index (χ4v) is 3.95. The summed E-state index contributed by atoms with van der Waals surface area (Å²) < 4.78 is 26.5. The summed E-state index contributed by atoms with van der Waals surface area (Å²) in [5.74, 6) is -1.34. The Morgan fingerprint density at radius 1 is 1.15 bits per heavy atom. The quantitative estimate of drug-likeness (QED) is 0.826. The van der Waals surface area contributed by atoms with Crippen molar-refractivity contribution >= 4 is 11.7 Å². The third kappa shape index (κ3) is 5.31. The topological polar surface area (TPSA) is 47.6 Å². The molecule has 2 heterocycles. The first-order valence-electron chi connectivity index (χ1n) is 9.91. The predicted octanol–water partition coefficient (Wildman–Crippen LogP) is 2.96. The summed E-state index contributed by atoms with van der Waals surface area (Å²) in [7, 11) is 0. The largest absolute Gasteiger partial charge is 0.371 e. The normalized spacial score (nSPS) is 21.7. The molecule has 3 rings (SSSR count). The molecule has 2 aliphatic rings. The molecule has 0 aromatic heterocycles. The van der Waals surface area contributed by atoms with Gasteiger partial charge in [0.1, 0.15) is 0 Å². The summed E-state index contributed by atoms with van der Waals surface area (Å²) in [5.41, 5.74) is 0.692. The summed E-state index contributed by atoms with van der Waals surface area (Å²) in [4.78, 5) is 16.6. The molecular formula is C20H30F2N4O. The van der Waals surface area contributed by atoms with Gasteiger partial charge in [-0.3, -0.25) is 0 Å². The van der Waals surface area contributed by atoms with Crippen molar-refractivity contribution in [3.05, 3.63) is 29.8 Å². The summed E-state index contributed by atoms with van der Waals surface area (Å²) >= 11 is 0. The van der Waals surface area contributed by atoms with Crippen molar-refractivity contribution in [2.24, 2.45) is 5.92 Å². The molecule has 5 nitrogen and oxygen atoms in total. The maximum Gasteiger partial charge on any atom is 0.315 e. The second kappa shape index (κ2) is 8.87. The van der Waals surface area contributed by atoms with Gasteiger partial charge in [-0.15, -0.1) is 0 Å². The van der Waals surface area contributed by atoms with Gasteiger partial charge in [-0.1, -0.05) is 0 Å². The van der Waals surface area contributed by atoms with E-state index in [2.05, 4.69) is 29.4 Å². The van der Waals surface area contributed by atoms with Crippen LogP contribution < -0.4 is 15.5 Å². The molecule has 2 saturated heterocycles. The highest BCUT2D eigenvalue weighted by Gasteiger charge is 2.25. The van der Waals surface area contributed by atoms with E-state index in [1.54, 1.807) is 6.07 Å². The number of halogens is 2. The van der Waals surface area contributed by atoms with E-state index < -0.39 is 11.6 Å². The molecule has 27 heavy (non-hydrogen) atoms. The van der Waals surface area contributed by atoms with Crippen LogP contribution in [0.4, 0.5) is 19.3 Å². The third-order valence-corrected chi connectivity index (χ3v) is 5.70. The van der Waals surface area contributed by atoms with E-state index in [1.807, 2.05) is 4.90 Å². The number of urea groups is 1. The minimum Gasteiger partial charge on any atom is -0.371 e. The lowest BCUT2D eigenvalue weighted by atomic mass is 10.0. The highest BCUT2D eigenvalue weighted by atomic mass is 19.2. The zero-order valence-electron chi connectivity index (χ0n) is 16.2. The number of carbonyl (C=O) groups is 1. The molecule has 0 unspecified atom stereocenters. The van der Waals surface area contributed by atoms with Crippen molar-refractivity contribution in [2.75, 3.05) is 37.6 Å². The number of likely N-dealkylation sites (tertiary alicyclic amines) is 1. The van der Waals surface area contributed by atoms with Gasteiger partial charge in [0, 0.05) is 56.6 Å². The second-order valence-electron chi connectivity index (χ2n) is 7.96. The lowest BCUT2D eigenvalue weighted by Gasteiger charge is -2.34. The van der Waals surface area contributed by atoms with Gasteiger partial charge in [-0.2, -0.15) is 0 Å². The average Bonchev–Trinajstić information content (AvgIpc) is 3.12. The fraction of sp³-hybridized carbons (Fsp3) is 0.650. The molecule has 0 spiro atoms. The summed E-state index contributed by atoms with van der Waals surface area (Å²) in [6.07, 6.45) is 2.89. The van der Waals surface area contributed by atoms with Crippen LogP contribution in [0.15, 0.2) is 18.2 Å². The molecule has 1 atom stereocenters. The van der Waals surface area contributed by atoms with Crippen LogP contribution in [-0.2, 0) is 0 Å². The minimum absolute atomic E-state index is 0.107. The van der Waals surface area contributed by atoms with E-state index in [9.17, 15) is 13.6 Å². The van der Waals surface area contributed by atoms with Crippen LogP contribution in [0.1, 0.15) is 33.1 Å². The Labute approximate surface area is 160 Å². The zero-order valence-corrected chi connectivity index (χ0v) is 16.2. The Kier molecular flexibility index (Phi) is 6.52. The summed E-state index contributed by atoms with van der Waals surface area (Å²) in [6.45, 7) is 8.56. The maximum atomic E-state index is 13.4. The summed E-state index contributed by atoms with van der Waals surface area (Å²) in [6, 6.07) is 4.69. The van der Waals surface area contributed by atoms with Crippen LogP contribution in [0.5, 0.6) is 0 Å². The van der Waals surface area contributed by atoms with E-state index in [1.165, 1.54) is 6.07 Å². The Morgan fingerprint density at radius 2 is 1.89 bits per heavy atom. The van der Waals surface area contributed by atoms with Gasteiger partial charge in [0.05, 0.1) is 0 Å². The zero-order chi connectivity index (χ0) is 19.4. The standard InChI is InChI=1S/C20H30F2N4O/c1-14(2)25-9-6-16(7-10-25)24-20(27)23-12-15-5-8-26(13-15)17-3-4-18(21)19(22)11-17/h3-4,11,14-16H,5-10,12-13H2,1-2H3,(H2,23,24,27)/t15-/m0/s1. The van der Waals surface area contributed by atoms with Gasteiger partial charge in [0.15, 0.2) is 11.6 Å². The molecule has 2 aliphatic heterocycles. The van der Waals surface area contributed by atoms with Crippen molar-refractivity contribution < 1.29 is 13.6 Å². The number of amides is 2.